The number of benzene rings is 1. The quantitative estimate of drug-likeness (QED) is 0.414. The third-order valence-electron chi connectivity index (χ3n) is 4.17. The number of nitrogens with zero attached hydrogens (tertiary/aromatic N) is 2. The average molecular weight is 332 g/mol. The van der Waals surface area contributed by atoms with Crippen molar-refractivity contribution in [3.63, 3.8) is 0 Å². The van der Waals surface area contributed by atoms with E-state index in [1.807, 2.05) is 30.3 Å². The van der Waals surface area contributed by atoms with E-state index in [0.717, 1.165) is 31.3 Å². The number of guanidine groups is 1. The minimum Gasteiger partial charge on any atom is -0.492 e. The molecule has 0 amide bonds. The molecule has 134 valence electrons. The molecular weight excluding hydrogens is 300 g/mol. The number of hydrogen-bond donors (Lipinski definition) is 2. The van der Waals surface area contributed by atoms with Crippen molar-refractivity contribution in [2.75, 3.05) is 45.9 Å². The Morgan fingerprint density at radius 1 is 1.25 bits per heavy atom. The molecule has 0 radical (unpaired) electrons. The van der Waals surface area contributed by atoms with E-state index in [-0.39, 0.29) is 0 Å². The molecule has 1 aliphatic heterocycles. The normalized spacial score (nSPS) is 18.6. The molecule has 1 aliphatic rings. The fourth-order valence-electron chi connectivity index (χ4n) is 3.00. The summed E-state index contributed by atoms with van der Waals surface area (Å²) in [6, 6.07) is 9.91. The molecule has 1 aromatic carbocycles. The molecule has 0 aliphatic carbocycles. The van der Waals surface area contributed by atoms with Crippen LogP contribution >= 0.6 is 0 Å². The van der Waals surface area contributed by atoms with E-state index in [4.69, 9.17) is 9.73 Å². The van der Waals surface area contributed by atoms with Crippen molar-refractivity contribution in [3.8, 4) is 5.75 Å². The molecule has 1 unspecified atom stereocenters. The lowest BCUT2D eigenvalue weighted by Crippen LogP contribution is -2.39. The first-order valence-electron chi connectivity index (χ1n) is 9.24. The van der Waals surface area contributed by atoms with Gasteiger partial charge in [-0.15, -0.1) is 0 Å². The van der Waals surface area contributed by atoms with Gasteiger partial charge in [-0.2, -0.15) is 0 Å². The topological polar surface area (TPSA) is 48.9 Å². The molecule has 0 spiro atoms. The molecule has 1 aromatic rings. The second kappa shape index (κ2) is 10.9. The van der Waals surface area contributed by atoms with Crippen molar-refractivity contribution < 1.29 is 4.74 Å². The van der Waals surface area contributed by atoms with Crippen LogP contribution < -0.4 is 15.4 Å². The van der Waals surface area contributed by atoms with E-state index < -0.39 is 0 Å². The summed E-state index contributed by atoms with van der Waals surface area (Å²) in [6.07, 6.45) is 2.50. The first-order valence-corrected chi connectivity index (χ1v) is 9.24. The Kier molecular flexibility index (Phi) is 8.46. The first kappa shape index (κ1) is 18.6. The van der Waals surface area contributed by atoms with Gasteiger partial charge in [0.25, 0.3) is 0 Å². The van der Waals surface area contributed by atoms with Crippen LogP contribution in [0.1, 0.15) is 26.7 Å². The number of ether oxygens (including phenoxy) is 1. The maximum absolute atomic E-state index is 5.70. The van der Waals surface area contributed by atoms with Crippen LogP contribution in [0.15, 0.2) is 35.3 Å². The van der Waals surface area contributed by atoms with Gasteiger partial charge >= 0.3 is 0 Å². The van der Waals surface area contributed by atoms with E-state index in [2.05, 4.69) is 29.4 Å². The second-order valence-electron chi connectivity index (χ2n) is 6.26. The van der Waals surface area contributed by atoms with Crippen molar-refractivity contribution in [2.24, 2.45) is 10.9 Å². The van der Waals surface area contributed by atoms with Crippen LogP contribution in [0.25, 0.3) is 0 Å². The third kappa shape index (κ3) is 6.79. The predicted molar refractivity (Wildman–Crippen MR) is 101 cm³/mol. The summed E-state index contributed by atoms with van der Waals surface area (Å²) in [4.78, 5) is 7.30. The highest BCUT2D eigenvalue weighted by Crippen LogP contribution is 2.16. The molecule has 0 bridgehead atoms. The lowest BCUT2D eigenvalue weighted by atomic mass is 10.1. The highest BCUT2D eigenvalue weighted by Gasteiger charge is 2.21. The van der Waals surface area contributed by atoms with Gasteiger partial charge in [0.1, 0.15) is 12.4 Å². The number of nitrogens with one attached hydrogen (secondary N) is 2. The van der Waals surface area contributed by atoms with Crippen molar-refractivity contribution in [3.05, 3.63) is 30.3 Å². The highest BCUT2D eigenvalue weighted by atomic mass is 16.5. The van der Waals surface area contributed by atoms with E-state index in [1.165, 1.54) is 32.5 Å². The zero-order chi connectivity index (χ0) is 17.0. The van der Waals surface area contributed by atoms with Gasteiger partial charge in [-0.3, -0.25) is 4.99 Å². The van der Waals surface area contributed by atoms with E-state index >= 15 is 0 Å². The summed E-state index contributed by atoms with van der Waals surface area (Å²) < 4.78 is 5.70. The molecule has 5 nitrogen and oxygen atoms in total. The molecular formula is C19H32N4O. The Balaban J connectivity index is 1.68. The first-order chi connectivity index (χ1) is 11.8. The van der Waals surface area contributed by atoms with Crippen molar-refractivity contribution in [1.29, 1.82) is 0 Å². The Morgan fingerprint density at radius 3 is 2.83 bits per heavy atom. The standard InChI is InChI=1S/C19H32N4O/c1-3-12-23-13-10-17(16-23)15-22-19(20-4-2)21-11-14-24-18-8-6-5-7-9-18/h5-9,17H,3-4,10-16H2,1-2H3,(H2,20,21,22). The van der Waals surface area contributed by atoms with Gasteiger partial charge in [0, 0.05) is 19.6 Å². The van der Waals surface area contributed by atoms with E-state index in [1.54, 1.807) is 0 Å². The van der Waals surface area contributed by atoms with Crippen molar-refractivity contribution >= 4 is 5.96 Å². The molecule has 1 heterocycles. The Hall–Kier alpha value is -1.75. The van der Waals surface area contributed by atoms with Gasteiger partial charge in [0.05, 0.1) is 6.54 Å². The SMILES string of the molecule is CCCN1CCC(CN=C(NCC)NCCOc2ccccc2)C1. The average Bonchev–Trinajstić information content (AvgIpc) is 3.05. The summed E-state index contributed by atoms with van der Waals surface area (Å²) in [6.45, 7) is 11.1. The van der Waals surface area contributed by atoms with Crippen LogP contribution in [0.4, 0.5) is 0 Å². The summed E-state index contributed by atoms with van der Waals surface area (Å²) in [5.41, 5.74) is 0. The van der Waals surface area contributed by atoms with Crippen LogP contribution in [0.3, 0.4) is 0 Å². The molecule has 1 fully saturated rings. The monoisotopic (exact) mass is 332 g/mol. The summed E-state index contributed by atoms with van der Waals surface area (Å²) >= 11 is 0. The van der Waals surface area contributed by atoms with Gasteiger partial charge < -0.3 is 20.3 Å². The largest absolute Gasteiger partial charge is 0.492 e. The fourth-order valence-corrected chi connectivity index (χ4v) is 3.00. The van der Waals surface area contributed by atoms with Crippen LogP contribution in [0.5, 0.6) is 5.75 Å². The van der Waals surface area contributed by atoms with Crippen LogP contribution in [0.2, 0.25) is 0 Å². The van der Waals surface area contributed by atoms with Gasteiger partial charge in [-0.25, -0.2) is 0 Å². The molecule has 0 saturated carbocycles. The van der Waals surface area contributed by atoms with Crippen LogP contribution in [-0.4, -0.2) is 56.7 Å². The molecule has 1 saturated heterocycles. The molecule has 2 N–H and O–H groups in total. The molecule has 0 aromatic heterocycles. The van der Waals surface area contributed by atoms with Gasteiger partial charge in [-0.05, 0) is 50.9 Å². The van der Waals surface area contributed by atoms with Crippen molar-refractivity contribution in [1.82, 2.24) is 15.5 Å². The fraction of sp³-hybridized carbons (Fsp3) is 0.632. The Labute approximate surface area is 146 Å². The van der Waals surface area contributed by atoms with Gasteiger partial charge in [0.2, 0.25) is 0 Å². The lowest BCUT2D eigenvalue weighted by molar-refractivity contribution is 0.321. The lowest BCUT2D eigenvalue weighted by Gasteiger charge is -2.15. The molecule has 2 rings (SSSR count). The molecule has 1 atom stereocenters. The second-order valence-corrected chi connectivity index (χ2v) is 6.26. The molecule has 5 heteroatoms. The van der Waals surface area contributed by atoms with Crippen LogP contribution in [-0.2, 0) is 0 Å². The highest BCUT2D eigenvalue weighted by molar-refractivity contribution is 5.79. The Morgan fingerprint density at radius 2 is 2.08 bits per heavy atom. The van der Waals surface area contributed by atoms with Gasteiger partial charge in [0.15, 0.2) is 5.96 Å². The van der Waals surface area contributed by atoms with E-state index in [0.29, 0.717) is 12.5 Å². The summed E-state index contributed by atoms with van der Waals surface area (Å²) in [5.74, 6) is 2.49. The minimum atomic E-state index is 0.627. The van der Waals surface area contributed by atoms with E-state index in [9.17, 15) is 0 Å². The third-order valence-corrected chi connectivity index (χ3v) is 4.17. The zero-order valence-electron chi connectivity index (χ0n) is 15.1. The summed E-state index contributed by atoms with van der Waals surface area (Å²) in [5, 5.41) is 6.66. The maximum Gasteiger partial charge on any atom is 0.191 e. The minimum absolute atomic E-state index is 0.627. The smallest absolute Gasteiger partial charge is 0.191 e. The number of likely N-dealkylation sites (tertiary alicyclic amines) is 1. The number of para-hydroxylation sites is 1. The van der Waals surface area contributed by atoms with Crippen molar-refractivity contribution in [2.45, 2.75) is 26.7 Å². The summed E-state index contributed by atoms with van der Waals surface area (Å²) in [7, 11) is 0. The number of rotatable bonds is 9. The predicted octanol–water partition coefficient (Wildman–Crippen LogP) is 2.35. The zero-order valence-corrected chi connectivity index (χ0v) is 15.1. The number of aliphatic imine (C=N–C) groups is 1. The van der Waals surface area contributed by atoms with Gasteiger partial charge in [-0.1, -0.05) is 25.1 Å². The van der Waals surface area contributed by atoms with Crippen LogP contribution in [0, 0.1) is 5.92 Å². The Bertz CT molecular complexity index is 478. The molecule has 24 heavy (non-hydrogen) atoms. The number of hydrogen-bond acceptors (Lipinski definition) is 3. The maximum atomic E-state index is 5.70.